The molecule has 5 nitrogen and oxygen atoms in total. The van der Waals surface area contributed by atoms with E-state index in [1.54, 1.807) is 26.8 Å². The van der Waals surface area contributed by atoms with E-state index in [9.17, 15) is 4.79 Å². The third-order valence-corrected chi connectivity index (χ3v) is 3.31. The van der Waals surface area contributed by atoms with E-state index in [4.69, 9.17) is 4.74 Å². The van der Waals surface area contributed by atoms with Crippen LogP contribution < -0.4 is 5.32 Å². The Balaban J connectivity index is 2.48. The highest BCUT2D eigenvalue weighted by Gasteiger charge is 2.17. The Morgan fingerprint density at radius 1 is 1.59 bits per heavy atom. The van der Waals surface area contributed by atoms with Crippen LogP contribution in [0.3, 0.4) is 0 Å². The minimum Gasteiger partial charge on any atom is -0.444 e. The second-order valence-corrected chi connectivity index (χ2v) is 6.34. The molecule has 0 saturated carbocycles. The molecule has 0 saturated heterocycles. The van der Waals surface area contributed by atoms with Crippen molar-refractivity contribution in [1.29, 1.82) is 0 Å². The first-order valence-electron chi connectivity index (χ1n) is 4.98. The largest absolute Gasteiger partial charge is 0.444 e. The van der Waals surface area contributed by atoms with Gasteiger partial charge >= 0.3 is 6.09 Å². The summed E-state index contributed by atoms with van der Waals surface area (Å²) >= 11 is 2.82. The molecule has 1 amide bonds. The van der Waals surface area contributed by atoms with Crippen LogP contribution in [0.2, 0.25) is 0 Å². The fourth-order valence-corrected chi connectivity index (χ4v) is 2.34. The Bertz CT molecular complexity index is 399. The van der Waals surface area contributed by atoms with Crippen molar-refractivity contribution in [1.82, 2.24) is 10.2 Å². The standard InChI is InChI=1S/C10H15N3O2S2/c1-5-6-16-9-13-12-7(17-9)11-8(14)15-10(2,3)4/h5H,1,6H2,2-4H3,(H,11,12,14). The molecule has 0 spiro atoms. The summed E-state index contributed by atoms with van der Waals surface area (Å²) in [4.78, 5) is 11.4. The van der Waals surface area contributed by atoms with Crippen molar-refractivity contribution in [2.75, 3.05) is 11.1 Å². The minimum absolute atomic E-state index is 0.436. The van der Waals surface area contributed by atoms with Crippen LogP contribution in [0, 0.1) is 0 Å². The van der Waals surface area contributed by atoms with Crippen molar-refractivity contribution >= 4 is 34.3 Å². The first kappa shape index (κ1) is 14.0. The molecule has 1 heterocycles. The van der Waals surface area contributed by atoms with E-state index in [0.29, 0.717) is 5.13 Å². The second kappa shape index (κ2) is 6.02. The number of carbonyl (C=O) groups is 1. The lowest BCUT2D eigenvalue weighted by Gasteiger charge is -2.18. The molecule has 0 aliphatic rings. The molecule has 17 heavy (non-hydrogen) atoms. The SMILES string of the molecule is C=CCSc1nnc(NC(=O)OC(C)(C)C)s1. The lowest BCUT2D eigenvalue weighted by Crippen LogP contribution is -2.27. The third kappa shape index (κ3) is 5.69. The molecule has 1 aromatic heterocycles. The zero-order valence-electron chi connectivity index (χ0n) is 10.0. The number of aromatic nitrogens is 2. The fourth-order valence-electron chi connectivity index (χ4n) is 0.840. The number of nitrogens with zero attached hydrogens (tertiary/aromatic N) is 2. The summed E-state index contributed by atoms with van der Waals surface area (Å²) < 4.78 is 5.89. The zero-order valence-corrected chi connectivity index (χ0v) is 11.7. The number of ether oxygens (including phenoxy) is 1. The predicted octanol–water partition coefficient (Wildman–Crippen LogP) is 3.16. The van der Waals surface area contributed by atoms with Crippen LogP contribution in [0.4, 0.5) is 9.93 Å². The van der Waals surface area contributed by atoms with E-state index in [2.05, 4.69) is 22.1 Å². The number of hydrogen-bond donors (Lipinski definition) is 1. The number of thioether (sulfide) groups is 1. The van der Waals surface area contributed by atoms with E-state index in [1.807, 2.05) is 0 Å². The quantitative estimate of drug-likeness (QED) is 0.518. The number of anilines is 1. The molecule has 0 atom stereocenters. The summed E-state index contributed by atoms with van der Waals surface area (Å²) in [5.74, 6) is 0.765. The molecule has 0 unspecified atom stereocenters. The number of amides is 1. The highest BCUT2D eigenvalue weighted by molar-refractivity contribution is 8.01. The number of rotatable bonds is 4. The molecule has 7 heteroatoms. The first-order chi connectivity index (χ1) is 7.90. The van der Waals surface area contributed by atoms with Crippen molar-refractivity contribution < 1.29 is 9.53 Å². The van der Waals surface area contributed by atoms with Crippen LogP contribution in [0.15, 0.2) is 17.0 Å². The molecule has 0 bridgehead atoms. The summed E-state index contributed by atoms with van der Waals surface area (Å²) in [6.45, 7) is 9.03. The normalized spacial score (nSPS) is 11.0. The second-order valence-electron chi connectivity index (χ2n) is 4.10. The maximum Gasteiger partial charge on any atom is 0.414 e. The van der Waals surface area contributed by atoms with Gasteiger partial charge in [0.2, 0.25) is 5.13 Å². The first-order valence-corrected chi connectivity index (χ1v) is 6.78. The van der Waals surface area contributed by atoms with Gasteiger partial charge in [-0.25, -0.2) is 4.79 Å². The van der Waals surface area contributed by atoms with Crippen LogP contribution in [0.1, 0.15) is 20.8 Å². The smallest absolute Gasteiger partial charge is 0.414 e. The molecular formula is C10H15N3O2S2. The van der Waals surface area contributed by atoms with Gasteiger partial charge in [-0.1, -0.05) is 29.2 Å². The highest BCUT2D eigenvalue weighted by atomic mass is 32.2. The van der Waals surface area contributed by atoms with Gasteiger partial charge in [-0.15, -0.1) is 16.8 Å². The molecule has 0 aliphatic heterocycles. The lowest BCUT2D eigenvalue weighted by atomic mass is 10.2. The van der Waals surface area contributed by atoms with Crippen LogP contribution >= 0.6 is 23.1 Å². The number of carbonyl (C=O) groups excluding carboxylic acids is 1. The molecule has 0 aromatic carbocycles. The van der Waals surface area contributed by atoms with Crippen LogP contribution in [0.25, 0.3) is 0 Å². The van der Waals surface area contributed by atoms with Gasteiger partial charge in [-0.05, 0) is 20.8 Å². The summed E-state index contributed by atoms with van der Waals surface area (Å²) in [5, 5.41) is 10.7. The monoisotopic (exact) mass is 273 g/mol. The Hall–Kier alpha value is -1.08. The van der Waals surface area contributed by atoms with Gasteiger partial charge in [0.15, 0.2) is 4.34 Å². The molecule has 94 valence electrons. The van der Waals surface area contributed by atoms with Crippen molar-refractivity contribution in [3.63, 3.8) is 0 Å². The number of nitrogens with one attached hydrogen (secondary N) is 1. The van der Waals surface area contributed by atoms with E-state index in [0.717, 1.165) is 10.1 Å². The minimum atomic E-state index is -0.520. The molecular weight excluding hydrogens is 258 g/mol. The van der Waals surface area contributed by atoms with Crippen molar-refractivity contribution in [3.05, 3.63) is 12.7 Å². The summed E-state index contributed by atoms with van der Waals surface area (Å²) in [5.41, 5.74) is -0.519. The predicted molar refractivity (Wildman–Crippen MR) is 70.7 cm³/mol. The summed E-state index contributed by atoms with van der Waals surface area (Å²) in [6, 6.07) is 0. The van der Waals surface area contributed by atoms with Gasteiger partial charge in [0, 0.05) is 5.75 Å². The average molecular weight is 273 g/mol. The zero-order chi connectivity index (χ0) is 12.9. The van der Waals surface area contributed by atoms with Crippen LogP contribution in [-0.2, 0) is 4.74 Å². The maximum atomic E-state index is 11.4. The van der Waals surface area contributed by atoms with E-state index < -0.39 is 11.7 Å². The van der Waals surface area contributed by atoms with E-state index in [-0.39, 0.29) is 0 Å². The van der Waals surface area contributed by atoms with Crippen molar-refractivity contribution in [3.8, 4) is 0 Å². The van der Waals surface area contributed by atoms with Gasteiger partial charge < -0.3 is 4.74 Å². The summed E-state index contributed by atoms with van der Waals surface area (Å²) in [7, 11) is 0. The van der Waals surface area contributed by atoms with Crippen LogP contribution in [0.5, 0.6) is 0 Å². The Kier molecular flexibility index (Phi) is 4.95. The Morgan fingerprint density at radius 2 is 2.29 bits per heavy atom. The third-order valence-electron chi connectivity index (χ3n) is 1.34. The van der Waals surface area contributed by atoms with Crippen LogP contribution in [-0.4, -0.2) is 27.6 Å². The molecule has 0 fully saturated rings. The summed E-state index contributed by atoms with van der Waals surface area (Å²) in [6.07, 6.45) is 1.27. The fraction of sp³-hybridized carbons (Fsp3) is 0.500. The van der Waals surface area contributed by atoms with Gasteiger partial charge in [0.1, 0.15) is 5.60 Å². The maximum absolute atomic E-state index is 11.4. The molecule has 0 aliphatic carbocycles. The Morgan fingerprint density at radius 3 is 2.88 bits per heavy atom. The topological polar surface area (TPSA) is 64.1 Å². The van der Waals surface area contributed by atoms with Gasteiger partial charge in [0.05, 0.1) is 0 Å². The van der Waals surface area contributed by atoms with Crippen molar-refractivity contribution in [2.45, 2.75) is 30.7 Å². The van der Waals surface area contributed by atoms with E-state index >= 15 is 0 Å². The molecule has 0 radical (unpaired) electrons. The van der Waals surface area contributed by atoms with Gasteiger partial charge in [-0.3, -0.25) is 5.32 Å². The van der Waals surface area contributed by atoms with Crippen molar-refractivity contribution in [2.24, 2.45) is 0 Å². The average Bonchev–Trinajstić information content (AvgIpc) is 2.59. The molecule has 1 N–H and O–H groups in total. The van der Waals surface area contributed by atoms with Gasteiger partial charge in [0.25, 0.3) is 0 Å². The molecule has 1 aromatic rings. The molecule has 1 rings (SSSR count). The van der Waals surface area contributed by atoms with Gasteiger partial charge in [-0.2, -0.15) is 0 Å². The highest BCUT2D eigenvalue weighted by Crippen LogP contribution is 2.25. The number of hydrogen-bond acceptors (Lipinski definition) is 6. The Labute approximate surface area is 109 Å². The lowest BCUT2D eigenvalue weighted by molar-refractivity contribution is 0.0636. The van der Waals surface area contributed by atoms with E-state index in [1.165, 1.54) is 23.1 Å².